The van der Waals surface area contributed by atoms with Crippen LogP contribution < -0.4 is 0 Å². The Morgan fingerprint density at radius 3 is 2.31 bits per heavy atom. The number of carbonyl (C=O) groups is 2. The van der Waals surface area contributed by atoms with E-state index in [0.29, 0.717) is 12.1 Å². The van der Waals surface area contributed by atoms with E-state index in [0.717, 1.165) is 34.7 Å². The summed E-state index contributed by atoms with van der Waals surface area (Å²) in [6.45, 7) is 0.842. The zero-order valence-electron chi connectivity index (χ0n) is 18.1. The predicted octanol–water partition coefficient (Wildman–Crippen LogP) is 5.33. The summed E-state index contributed by atoms with van der Waals surface area (Å²) in [4.78, 5) is 26.4. The Labute approximate surface area is 188 Å². The Morgan fingerprint density at radius 2 is 1.59 bits per heavy atom. The number of hydrogen-bond acceptors (Lipinski definition) is 2. The topological polar surface area (TPSA) is 42.3 Å². The first kappa shape index (κ1) is 21.3. The van der Waals surface area contributed by atoms with Crippen LogP contribution in [0.25, 0.3) is 23.1 Å². The molecule has 0 aliphatic rings. The van der Waals surface area contributed by atoms with Crippen molar-refractivity contribution < 1.29 is 9.59 Å². The van der Waals surface area contributed by atoms with Crippen molar-refractivity contribution in [3.05, 3.63) is 107 Å². The Hall–Kier alpha value is -3.92. The molecule has 1 aromatic heterocycles. The highest BCUT2D eigenvalue weighted by Gasteiger charge is 2.15. The van der Waals surface area contributed by atoms with E-state index in [4.69, 9.17) is 0 Å². The lowest BCUT2D eigenvalue weighted by Crippen LogP contribution is -2.31. The van der Waals surface area contributed by atoms with Crippen LogP contribution in [0.4, 0.5) is 0 Å². The minimum Gasteiger partial charge on any atom is -0.344 e. The number of rotatable bonds is 8. The molecule has 1 heterocycles. The average Bonchev–Trinajstić information content (AvgIpc) is 3.20. The van der Waals surface area contributed by atoms with E-state index < -0.39 is 0 Å². The monoisotopic (exact) mass is 422 g/mol. The van der Waals surface area contributed by atoms with E-state index in [1.165, 1.54) is 5.56 Å². The van der Waals surface area contributed by atoms with Crippen LogP contribution in [-0.4, -0.2) is 35.3 Å². The molecule has 0 saturated heterocycles. The van der Waals surface area contributed by atoms with Crippen molar-refractivity contribution in [1.82, 2.24) is 9.47 Å². The fourth-order valence-corrected chi connectivity index (χ4v) is 3.86. The standard InChI is InChI=1S/C28H26N2O2/c1-29(18-17-23-11-6-3-7-12-23)27(32)20-30-19-25(21-31)28-24(13-8-14-26(28)30)16-15-22-9-4-2-5-10-22/h2-16,19,21H,17-18,20H2,1H3. The molecule has 0 saturated carbocycles. The number of benzene rings is 3. The molecule has 0 aliphatic heterocycles. The normalized spacial score (nSPS) is 11.2. The molecule has 0 spiro atoms. The van der Waals surface area contributed by atoms with Gasteiger partial charge in [-0.1, -0.05) is 84.9 Å². The highest BCUT2D eigenvalue weighted by molar-refractivity contribution is 6.03. The van der Waals surface area contributed by atoms with Gasteiger partial charge in [-0.25, -0.2) is 0 Å². The highest BCUT2D eigenvalue weighted by Crippen LogP contribution is 2.26. The van der Waals surface area contributed by atoms with Gasteiger partial charge in [-0.2, -0.15) is 0 Å². The summed E-state index contributed by atoms with van der Waals surface area (Å²) >= 11 is 0. The van der Waals surface area contributed by atoms with Crippen molar-refractivity contribution in [2.45, 2.75) is 13.0 Å². The molecule has 0 bridgehead atoms. The lowest BCUT2D eigenvalue weighted by atomic mass is 10.1. The molecule has 4 nitrogen and oxygen atoms in total. The third kappa shape index (κ3) is 4.86. The van der Waals surface area contributed by atoms with Gasteiger partial charge in [0.15, 0.2) is 6.29 Å². The van der Waals surface area contributed by atoms with E-state index in [1.54, 1.807) is 11.1 Å². The number of likely N-dealkylation sites (N-methyl/N-ethyl adjacent to an activating group) is 1. The number of aromatic nitrogens is 1. The molecule has 0 fully saturated rings. The second-order valence-electron chi connectivity index (χ2n) is 7.87. The van der Waals surface area contributed by atoms with E-state index in [9.17, 15) is 9.59 Å². The van der Waals surface area contributed by atoms with Crippen LogP contribution in [0.5, 0.6) is 0 Å². The molecule has 4 rings (SSSR count). The van der Waals surface area contributed by atoms with E-state index in [1.807, 2.05) is 90.5 Å². The van der Waals surface area contributed by atoms with Gasteiger partial charge >= 0.3 is 0 Å². The fourth-order valence-electron chi connectivity index (χ4n) is 3.86. The summed E-state index contributed by atoms with van der Waals surface area (Å²) in [6.07, 6.45) is 7.50. The molecular formula is C28H26N2O2. The molecule has 1 amide bonds. The van der Waals surface area contributed by atoms with Gasteiger partial charge in [0.25, 0.3) is 0 Å². The Bertz CT molecular complexity index is 1240. The Kier molecular flexibility index (Phi) is 6.61. The molecule has 4 heteroatoms. The zero-order valence-corrected chi connectivity index (χ0v) is 18.1. The SMILES string of the molecule is CN(CCc1ccccc1)C(=O)Cn1cc(C=O)c2c(C=Cc3ccccc3)cccc21. The lowest BCUT2D eigenvalue weighted by molar-refractivity contribution is -0.130. The molecule has 0 atom stereocenters. The van der Waals surface area contributed by atoms with E-state index in [-0.39, 0.29) is 12.5 Å². The quantitative estimate of drug-likeness (QED) is 0.285. The Balaban J connectivity index is 1.55. The van der Waals surface area contributed by atoms with Crippen molar-refractivity contribution in [1.29, 1.82) is 0 Å². The third-order valence-electron chi connectivity index (χ3n) is 5.66. The van der Waals surface area contributed by atoms with Crippen LogP contribution in [0, 0.1) is 0 Å². The van der Waals surface area contributed by atoms with Crippen LogP contribution >= 0.6 is 0 Å². The summed E-state index contributed by atoms with van der Waals surface area (Å²) in [5.74, 6) is 0.0144. The summed E-state index contributed by atoms with van der Waals surface area (Å²) in [7, 11) is 1.83. The smallest absolute Gasteiger partial charge is 0.242 e. The van der Waals surface area contributed by atoms with Crippen LogP contribution in [0.3, 0.4) is 0 Å². The van der Waals surface area contributed by atoms with Gasteiger partial charge < -0.3 is 9.47 Å². The molecule has 0 unspecified atom stereocenters. The van der Waals surface area contributed by atoms with Crippen LogP contribution in [0.1, 0.15) is 27.0 Å². The second-order valence-corrected chi connectivity index (χ2v) is 7.87. The van der Waals surface area contributed by atoms with Gasteiger partial charge in [-0.3, -0.25) is 9.59 Å². The minimum atomic E-state index is 0.0144. The number of nitrogens with zero attached hydrogens (tertiary/aromatic N) is 2. The van der Waals surface area contributed by atoms with Gasteiger partial charge in [0, 0.05) is 36.3 Å². The van der Waals surface area contributed by atoms with Gasteiger partial charge in [0.05, 0.1) is 0 Å². The molecule has 32 heavy (non-hydrogen) atoms. The number of carbonyl (C=O) groups excluding carboxylic acids is 2. The summed E-state index contributed by atoms with van der Waals surface area (Å²) in [5.41, 5.74) is 4.72. The predicted molar refractivity (Wildman–Crippen MR) is 130 cm³/mol. The maximum Gasteiger partial charge on any atom is 0.242 e. The molecule has 3 aromatic carbocycles. The molecular weight excluding hydrogens is 396 g/mol. The summed E-state index contributed by atoms with van der Waals surface area (Å²) in [6, 6.07) is 26.1. The number of aldehydes is 1. The van der Waals surface area contributed by atoms with Crippen molar-refractivity contribution >= 4 is 35.2 Å². The lowest BCUT2D eigenvalue weighted by Gasteiger charge is -2.18. The molecule has 0 radical (unpaired) electrons. The van der Waals surface area contributed by atoms with Gasteiger partial charge in [0.1, 0.15) is 6.54 Å². The van der Waals surface area contributed by atoms with E-state index in [2.05, 4.69) is 12.1 Å². The molecule has 4 aromatic rings. The first-order valence-corrected chi connectivity index (χ1v) is 10.7. The van der Waals surface area contributed by atoms with Crippen molar-refractivity contribution in [2.24, 2.45) is 0 Å². The summed E-state index contributed by atoms with van der Waals surface area (Å²) < 4.78 is 1.88. The zero-order chi connectivity index (χ0) is 22.3. The fraction of sp³-hybridized carbons (Fsp3) is 0.143. The van der Waals surface area contributed by atoms with E-state index >= 15 is 0 Å². The third-order valence-corrected chi connectivity index (χ3v) is 5.66. The van der Waals surface area contributed by atoms with Crippen LogP contribution in [0.15, 0.2) is 85.1 Å². The molecule has 160 valence electrons. The summed E-state index contributed by atoms with van der Waals surface area (Å²) in [5, 5.41) is 0.870. The van der Waals surface area contributed by atoms with Gasteiger partial charge in [-0.05, 0) is 29.2 Å². The maximum absolute atomic E-state index is 12.9. The number of fused-ring (bicyclic) bond motifs is 1. The van der Waals surface area contributed by atoms with Crippen molar-refractivity contribution in [3.8, 4) is 0 Å². The van der Waals surface area contributed by atoms with Crippen LogP contribution in [0.2, 0.25) is 0 Å². The van der Waals surface area contributed by atoms with Crippen molar-refractivity contribution in [3.63, 3.8) is 0 Å². The largest absolute Gasteiger partial charge is 0.344 e. The second kappa shape index (κ2) is 9.92. The maximum atomic E-state index is 12.9. The first-order valence-electron chi connectivity index (χ1n) is 10.7. The number of hydrogen-bond donors (Lipinski definition) is 0. The van der Waals surface area contributed by atoms with Gasteiger partial charge in [-0.15, -0.1) is 0 Å². The highest BCUT2D eigenvalue weighted by atomic mass is 16.2. The first-order chi connectivity index (χ1) is 15.7. The number of amides is 1. The van der Waals surface area contributed by atoms with Crippen molar-refractivity contribution in [2.75, 3.05) is 13.6 Å². The average molecular weight is 423 g/mol. The minimum absolute atomic E-state index is 0.0144. The van der Waals surface area contributed by atoms with Gasteiger partial charge in [0.2, 0.25) is 5.91 Å². The molecule has 0 N–H and O–H groups in total. The van der Waals surface area contributed by atoms with Crippen LogP contribution in [-0.2, 0) is 17.8 Å². The molecule has 0 aliphatic carbocycles. The Morgan fingerprint density at radius 1 is 0.875 bits per heavy atom.